The fourth-order valence-corrected chi connectivity index (χ4v) is 6.23. The summed E-state index contributed by atoms with van der Waals surface area (Å²) in [5.74, 6) is -0.132. The van der Waals surface area contributed by atoms with Crippen LogP contribution in [-0.4, -0.2) is 46.5 Å². The number of ether oxygens (including phenoxy) is 1. The molecule has 2 aliphatic carbocycles. The van der Waals surface area contributed by atoms with Gasteiger partial charge in [-0.25, -0.2) is 9.18 Å². The number of nitrogens with one attached hydrogen (secondary N) is 2. The first-order chi connectivity index (χ1) is 18.4. The van der Waals surface area contributed by atoms with E-state index in [4.69, 9.17) is 4.74 Å². The third-order valence-electron chi connectivity index (χ3n) is 7.87. The van der Waals surface area contributed by atoms with Crippen LogP contribution in [0.5, 0.6) is 0 Å². The maximum Gasteiger partial charge on any atom is 0.411 e. The second-order valence-electron chi connectivity index (χ2n) is 11.8. The smallest absolute Gasteiger partial charge is 0.411 e. The Bertz CT molecular complexity index is 1350. The van der Waals surface area contributed by atoms with Crippen LogP contribution in [0.1, 0.15) is 46.1 Å². The third-order valence-corrected chi connectivity index (χ3v) is 7.87. The molecular weight excluding hydrogens is 499 g/mol. The highest BCUT2D eigenvalue weighted by Gasteiger charge is 2.67. The van der Waals surface area contributed by atoms with Crippen molar-refractivity contribution in [3.05, 3.63) is 53.8 Å². The Morgan fingerprint density at radius 1 is 1.08 bits per heavy atom. The quantitative estimate of drug-likeness (QED) is 0.563. The fraction of sp³-hybridized carbons (Fsp3) is 0.467. The Morgan fingerprint density at radius 2 is 1.77 bits per heavy atom. The molecular formula is C30H33FN4O4. The lowest BCUT2D eigenvalue weighted by atomic mass is 9.95. The summed E-state index contributed by atoms with van der Waals surface area (Å²) in [6.45, 7) is 6.80. The molecule has 9 heteroatoms. The number of carbonyl (C=O) groups is 3. The minimum Gasteiger partial charge on any atom is -0.444 e. The van der Waals surface area contributed by atoms with Gasteiger partial charge in [0.05, 0.1) is 6.07 Å². The number of piperidine rings is 1. The monoisotopic (exact) mass is 532 g/mol. The lowest BCUT2D eigenvalue weighted by Gasteiger charge is -2.35. The lowest BCUT2D eigenvalue weighted by molar-refractivity contribution is -0.128. The normalized spacial score (nSPS) is 25.3. The molecule has 0 aromatic heterocycles. The van der Waals surface area contributed by atoms with Gasteiger partial charge in [0.25, 0.3) is 0 Å². The first-order valence-electron chi connectivity index (χ1n) is 13.3. The first kappa shape index (κ1) is 26.7. The first-order valence-corrected chi connectivity index (χ1v) is 13.3. The van der Waals surface area contributed by atoms with E-state index in [0.717, 1.165) is 18.4 Å². The molecule has 1 heterocycles. The highest BCUT2D eigenvalue weighted by Crippen LogP contribution is 2.63. The molecule has 2 N–H and O–H groups in total. The van der Waals surface area contributed by atoms with Crippen molar-refractivity contribution >= 4 is 23.6 Å². The molecule has 6 atom stereocenters. The molecule has 3 fully saturated rings. The van der Waals surface area contributed by atoms with Crippen molar-refractivity contribution in [2.45, 2.75) is 70.7 Å². The van der Waals surface area contributed by atoms with E-state index in [1.807, 2.05) is 0 Å². The molecule has 1 aliphatic heterocycles. The van der Waals surface area contributed by atoms with E-state index >= 15 is 4.39 Å². The van der Waals surface area contributed by atoms with Gasteiger partial charge in [0.15, 0.2) is 0 Å². The highest BCUT2D eigenvalue weighted by atomic mass is 19.1. The van der Waals surface area contributed by atoms with Gasteiger partial charge in [-0.1, -0.05) is 24.3 Å². The van der Waals surface area contributed by atoms with Crippen molar-refractivity contribution in [2.75, 3.05) is 5.32 Å². The van der Waals surface area contributed by atoms with Gasteiger partial charge in [-0.3, -0.25) is 14.5 Å². The number of carbonyl (C=O) groups excluding carboxylic acids is 3. The number of halogens is 1. The molecule has 1 saturated heterocycles. The number of fused-ring (bicyclic) bond motifs is 5. The van der Waals surface area contributed by atoms with E-state index in [1.165, 1.54) is 13.0 Å². The van der Waals surface area contributed by atoms with Gasteiger partial charge in [0.1, 0.15) is 23.5 Å². The van der Waals surface area contributed by atoms with Crippen LogP contribution in [0.2, 0.25) is 0 Å². The number of likely N-dealkylation sites (tertiary alicyclic amines) is 1. The zero-order chi connectivity index (χ0) is 28.1. The Morgan fingerprint density at radius 3 is 2.38 bits per heavy atom. The Labute approximate surface area is 227 Å². The van der Waals surface area contributed by atoms with E-state index < -0.39 is 29.6 Å². The molecule has 0 radical (unpaired) electrons. The second-order valence-corrected chi connectivity index (χ2v) is 11.8. The third kappa shape index (κ3) is 5.47. The maximum atomic E-state index is 15.1. The second kappa shape index (κ2) is 9.99. The van der Waals surface area contributed by atoms with E-state index in [2.05, 4.69) is 16.7 Å². The molecule has 5 rings (SSSR count). The van der Waals surface area contributed by atoms with E-state index in [0.29, 0.717) is 28.7 Å². The van der Waals surface area contributed by atoms with Crippen molar-refractivity contribution in [3.8, 4) is 17.2 Å². The largest absolute Gasteiger partial charge is 0.444 e. The summed E-state index contributed by atoms with van der Waals surface area (Å²) in [6.07, 6.45) is 1.27. The average Bonchev–Trinajstić information content (AvgIpc) is 3.47. The maximum absolute atomic E-state index is 15.1. The number of nitriles is 1. The van der Waals surface area contributed by atoms with Gasteiger partial charge in [-0.2, -0.15) is 5.26 Å². The Hall–Kier alpha value is -3.93. The Kier molecular flexibility index (Phi) is 6.83. The Balaban J connectivity index is 1.26. The molecule has 204 valence electrons. The molecule has 0 unspecified atom stereocenters. The zero-order valence-electron chi connectivity index (χ0n) is 22.5. The van der Waals surface area contributed by atoms with Gasteiger partial charge in [-0.15, -0.1) is 0 Å². The standard InChI is InChI=1S/C30H33FN4O4/c1-16(36)33-20-9-7-17(8-10-20)18-5-6-19(25(31)12-18)11-21(15-32)34-28(37)27-24-14-26(23-13-22(23)24)35(27)29(38)39-30(2,3)4/h5-10,12,21-24,26-27H,11,13-14H2,1-4H3,(H,33,36)(H,34,37)/t21-,22+,23-,24+,26-,27-/m0/s1. The SMILES string of the molecule is CC(=O)Nc1ccc(-c2ccc(C[C@@H](C#N)NC(=O)[C@@H]3[C@@H]4C[C@@H]([C@H]5C[C@@H]45)N3C(=O)OC(C)(C)C)c(F)c2)cc1. The molecule has 2 aromatic carbocycles. The summed E-state index contributed by atoms with van der Waals surface area (Å²) in [7, 11) is 0. The number of benzene rings is 2. The number of hydrogen-bond acceptors (Lipinski definition) is 5. The molecule has 3 aliphatic rings. The lowest BCUT2D eigenvalue weighted by Crippen LogP contribution is -2.56. The van der Waals surface area contributed by atoms with Crippen LogP contribution in [0.25, 0.3) is 11.1 Å². The van der Waals surface area contributed by atoms with Crippen LogP contribution in [-0.2, 0) is 20.7 Å². The van der Waals surface area contributed by atoms with Gasteiger partial charge in [0.2, 0.25) is 11.8 Å². The van der Waals surface area contributed by atoms with Crippen molar-refractivity contribution in [3.63, 3.8) is 0 Å². The minimum absolute atomic E-state index is 0.00483. The summed E-state index contributed by atoms with van der Waals surface area (Å²) in [4.78, 5) is 39.3. The van der Waals surface area contributed by atoms with E-state index in [9.17, 15) is 19.6 Å². The summed E-state index contributed by atoms with van der Waals surface area (Å²) in [5.41, 5.74) is 1.69. The molecule has 3 amide bonds. The van der Waals surface area contributed by atoms with Crippen LogP contribution < -0.4 is 10.6 Å². The van der Waals surface area contributed by atoms with Crippen molar-refractivity contribution in [2.24, 2.45) is 17.8 Å². The molecule has 2 bridgehead atoms. The minimum atomic E-state index is -0.954. The number of hydrogen-bond donors (Lipinski definition) is 2. The van der Waals surface area contributed by atoms with Gasteiger partial charge in [-0.05, 0) is 86.3 Å². The summed E-state index contributed by atoms with van der Waals surface area (Å²) in [5, 5.41) is 15.3. The van der Waals surface area contributed by atoms with E-state index in [-0.39, 0.29) is 30.2 Å². The highest BCUT2D eigenvalue weighted by molar-refractivity contribution is 5.89. The van der Waals surface area contributed by atoms with E-state index in [1.54, 1.807) is 62.1 Å². The summed E-state index contributed by atoms with van der Waals surface area (Å²) in [6, 6.07) is 12.3. The molecule has 8 nitrogen and oxygen atoms in total. The molecule has 39 heavy (non-hydrogen) atoms. The van der Waals surface area contributed by atoms with Gasteiger partial charge in [0, 0.05) is 25.1 Å². The number of nitrogens with zero attached hydrogens (tertiary/aromatic N) is 2. The number of anilines is 1. The van der Waals surface area contributed by atoms with Crippen LogP contribution in [0.4, 0.5) is 14.9 Å². The predicted molar refractivity (Wildman–Crippen MR) is 143 cm³/mol. The molecule has 0 spiro atoms. The van der Waals surface area contributed by atoms with Crippen LogP contribution in [0.15, 0.2) is 42.5 Å². The van der Waals surface area contributed by atoms with Gasteiger partial charge >= 0.3 is 6.09 Å². The van der Waals surface area contributed by atoms with Gasteiger partial charge < -0.3 is 15.4 Å². The van der Waals surface area contributed by atoms with Crippen molar-refractivity contribution in [1.82, 2.24) is 10.2 Å². The number of rotatable bonds is 6. The summed E-state index contributed by atoms with van der Waals surface area (Å²) >= 11 is 0. The van der Waals surface area contributed by atoms with Crippen LogP contribution in [0.3, 0.4) is 0 Å². The number of amides is 3. The van der Waals surface area contributed by atoms with Crippen LogP contribution >= 0.6 is 0 Å². The molecule has 2 aromatic rings. The average molecular weight is 533 g/mol. The zero-order valence-corrected chi connectivity index (χ0v) is 22.5. The van der Waals surface area contributed by atoms with Crippen LogP contribution in [0, 0.1) is 34.9 Å². The van der Waals surface area contributed by atoms with Crippen molar-refractivity contribution in [1.29, 1.82) is 5.26 Å². The predicted octanol–water partition coefficient (Wildman–Crippen LogP) is 4.65. The molecule has 2 saturated carbocycles. The van der Waals surface area contributed by atoms with Crippen molar-refractivity contribution < 1.29 is 23.5 Å². The fourth-order valence-electron chi connectivity index (χ4n) is 6.23. The topological polar surface area (TPSA) is 112 Å². The summed E-state index contributed by atoms with van der Waals surface area (Å²) < 4.78 is 20.7.